The van der Waals surface area contributed by atoms with Crippen LogP contribution in [0, 0.1) is 6.92 Å². The lowest BCUT2D eigenvalue weighted by Crippen LogP contribution is -2.29. The maximum Gasteiger partial charge on any atom is 0.259 e. The molecule has 0 radical (unpaired) electrons. The molecule has 2 aromatic rings. The molecule has 0 fully saturated rings. The van der Waals surface area contributed by atoms with Crippen molar-refractivity contribution in [3.8, 4) is 0 Å². The van der Waals surface area contributed by atoms with Gasteiger partial charge in [-0.25, -0.2) is 4.98 Å². The summed E-state index contributed by atoms with van der Waals surface area (Å²) in [7, 11) is 0. The maximum absolute atomic E-state index is 12.2. The molecule has 2 heterocycles. The van der Waals surface area contributed by atoms with Gasteiger partial charge < -0.3 is 15.6 Å². The first kappa shape index (κ1) is 16.4. The molecule has 0 bridgehead atoms. The number of carbonyl (C=O) groups excluding carboxylic acids is 1. The molecule has 0 aliphatic rings. The number of nitrogens with zero attached hydrogens (tertiary/aromatic N) is 2. The standard InChI is InChI=1S/C13H18N4O2.ClH/c1-7(2)10-6-9(12(18)15-5-4-14)11-8(3)17-19-13(11)16-10;/h6-7H,4-5,14H2,1-3H3,(H,15,18);1H. The second-order valence-corrected chi connectivity index (χ2v) is 4.74. The lowest BCUT2D eigenvalue weighted by Gasteiger charge is -2.09. The van der Waals surface area contributed by atoms with E-state index in [4.69, 9.17) is 10.3 Å². The highest BCUT2D eigenvalue weighted by molar-refractivity contribution is 6.06. The van der Waals surface area contributed by atoms with E-state index < -0.39 is 0 Å². The van der Waals surface area contributed by atoms with Crippen molar-refractivity contribution in [2.24, 2.45) is 5.73 Å². The number of nitrogens with one attached hydrogen (secondary N) is 1. The smallest absolute Gasteiger partial charge is 0.259 e. The monoisotopic (exact) mass is 298 g/mol. The fourth-order valence-electron chi connectivity index (χ4n) is 1.87. The van der Waals surface area contributed by atoms with Crippen LogP contribution in [0.15, 0.2) is 10.6 Å². The van der Waals surface area contributed by atoms with E-state index in [-0.39, 0.29) is 24.2 Å². The van der Waals surface area contributed by atoms with Crippen molar-refractivity contribution < 1.29 is 9.32 Å². The van der Waals surface area contributed by atoms with Gasteiger partial charge in [-0.15, -0.1) is 12.4 Å². The van der Waals surface area contributed by atoms with Gasteiger partial charge in [-0.05, 0) is 18.9 Å². The third kappa shape index (κ3) is 3.08. The number of amides is 1. The lowest BCUT2D eigenvalue weighted by molar-refractivity contribution is 0.0956. The molecular weight excluding hydrogens is 280 g/mol. The Morgan fingerprint density at radius 2 is 2.20 bits per heavy atom. The van der Waals surface area contributed by atoms with Crippen LogP contribution in [0.3, 0.4) is 0 Å². The molecule has 110 valence electrons. The summed E-state index contributed by atoms with van der Waals surface area (Å²) in [5.74, 6) is 0.0296. The molecule has 1 amide bonds. The molecule has 6 nitrogen and oxygen atoms in total. The van der Waals surface area contributed by atoms with Crippen molar-refractivity contribution >= 4 is 29.4 Å². The van der Waals surface area contributed by atoms with Gasteiger partial charge in [-0.2, -0.15) is 0 Å². The molecule has 2 rings (SSSR count). The number of rotatable bonds is 4. The second kappa shape index (κ2) is 6.67. The predicted molar refractivity (Wildman–Crippen MR) is 79.3 cm³/mol. The van der Waals surface area contributed by atoms with Crippen molar-refractivity contribution in [1.82, 2.24) is 15.5 Å². The van der Waals surface area contributed by atoms with Crippen molar-refractivity contribution in [2.75, 3.05) is 13.1 Å². The minimum Gasteiger partial charge on any atom is -0.351 e. The number of hydrogen-bond donors (Lipinski definition) is 2. The summed E-state index contributed by atoms with van der Waals surface area (Å²) < 4.78 is 5.17. The zero-order valence-corrected chi connectivity index (χ0v) is 12.6. The Hall–Kier alpha value is -1.66. The Labute approximate surface area is 123 Å². The quantitative estimate of drug-likeness (QED) is 0.897. The number of aromatic nitrogens is 2. The lowest BCUT2D eigenvalue weighted by atomic mass is 10.0. The predicted octanol–water partition coefficient (Wildman–Crippen LogP) is 1.76. The van der Waals surface area contributed by atoms with Crippen molar-refractivity contribution in [1.29, 1.82) is 0 Å². The van der Waals surface area contributed by atoms with Gasteiger partial charge in [0.2, 0.25) is 0 Å². The first-order valence-electron chi connectivity index (χ1n) is 6.29. The van der Waals surface area contributed by atoms with Gasteiger partial charge in [0.15, 0.2) is 0 Å². The van der Waals surface area contributed by atoms with Gasteiger partial charge in [0.25, 0.3) is 11.6 Å². The zero-order chi connectivity index (χ0) is 14.0. The van der Waals surface area contributed by atoms with Crippen molar-refractivity contribution in [3.05, 3.63) is 23.0 Å². The highest BCUT2D eigenvalue weighted by atomic mass is 35.5. The summed E-state index contributed by atoms with van der Waals surface area (Å²) in [6.45, 7) is 6.66. The molecule has 0 saturated heterocycles. The SMILES string of the molecule is Cc1noc2nc(C(C)C)cc(C(=O)NCCN)c12.Cl. The third-order valence-corrected chi connectivity index (χ3v) is 2.90. The summed E-state index contributed by atoms with van der Waals surface area (Å²) in [6, 6.07) is 1.79. The van der Waals surface area contributed by atoms with Crippen molar-refractivity contribution in [3.63, 3.8) is 0 Å². The number of nitrogens with two attached hydrogens (primary N) is 1. The Kier molecular flexibility index (Phi) is 5.47. The summed E-state index contributed by atoms with van der Waals surface area (Å²) in [6.07, 6.45) is 0. The van der Waals surface area contributed by atoms with Gasteiger partial charge in [0, 0.05) is 18.8 Å². The molecule has 7 heteroatoms. The van der Waals surface area contributed by atoms with Gasteiger partial charge in [-0.1, -0.05) is 19.0 Å². The number of halogens is 1. The fourth-order valence-corrected chi connectivity index (χ4v) is 1.87. The maximum atomic E-state index is 12.2. The number of hydrogen-bond acceptors (Lipinski definition) is 5. The molecule has 0 atom stereocenters. The van der Waals surface area contributed by atoms with Crippen molar-refractivity contribution in [2.45, 2.75) is 26.7 Å². The van der Waals surface area contributed by atoms with E-state index >= 15 is 0 Å². The van der Waals surface area contributed by atoms with Gasteiger partial charge in [0.1, 0.15) is 0 Å². The molecule has 0 spiro atoms. The van der Waals surface area contributed by atoms with E-state index in [1.165, 1.54) is 0 Å². The molecule has 3 N–H and O–H groups in total. The van der Waals surface area contributed by atoms with Crippen LogP contribution in [0.4, 0.5) is 0 Å². The molecule has 20 heavy (non-hydrogen) atoms. The van der Waals surface area contributed by atoms with E-state index in [9.17, 15) is 4.79 Å². The summed E-state index contributed by atoms with van der Waals surface area (Å²) in [4.78, 5) is 16.6. The number of carbonyl (C=O) groups is 1. The van der Waals surface area contributed by atoms with E-state index in [2.05, 4.69) is 15.5 Å². The summed E-state index contributed by atoms with van der Waals surface area (Å²) >= 11 is 0. The Morgan fingerprint density at radius 1 is 1.50 bits per heavy atom. The van der Waals surface area contributed by atoms with E-state index in [1.54, 1.807) is 13.0 Å². The third-order valence-electron chi connectivity index (χ3n) is 2.90. The molecule has 0 aromatic carbocycles. The zero-order valence-electron chi connectivity index (χ0n) is 11.8. The fraction of sp³-hybridized carbons (Fsp3) is 0.462. The molecule has 0 aliphatic carbocycles. The largest absolute Gasteiger partial charge is 0.351 e. The van der Waals surface area contributed by atoms with Crippen LogP contribution in [0.1, 0.15) is 41.5 Å². The molecular formula is C13H19ClN4O2. The van der Waals surface area contributed by atoms with Crippen LogP contribution in [-0.4, -0.2) is 29.1 Å². The van der Waals surface area contributed by atoms with E-state index in [1.807, 2.05) is 13.8 Å². The highest BCUT2D eigenvalue weighted by Crippen LogP contribution is 2.24. The van der Waals surface area contributed by atoms with E-state index in [0.717, 1.165) is 5.69 Å². The molecule has 0 unspecified atom stereocenters. The minimum atomic E-state index is -0.175. The van der Waals surface area contributed by atoms with E-state index in [0.29, 0.717) is 35.4 Å². The molecule has 2 aromatic heterocycles. The molecule has 0 saturated carbocycles. The Bertz CT molecular complexity index is 610. The van der Waals surface area contributed by atoms with Crippen LogP contribution in [-0.2, 0) is 0 Å². The summed E-state index contributed by atoms with van der Waals surface area (Å²) in [5, 5.41) is 7.31. The minimum absolute atomic E-state index is 0. The summed E-state index contributed by atoms with van der Waals surface area (Å²) in [5.41, 5.74) is 7.81. The van der Waals surface area contributed by atoms with Gasteiger partial charge in [-0.3, -0.25) is 4.79 Å². The number of fused-ring (bicyclic) bond motifs is 1. The number of aryl methyl sites for hydroxylation is 1. The average molecular weight is 299 g/mol. The van der Waals surface area contributed by atoms with Crippen LogP contribution in [0.5, 0.6) is 0 Å². The van der Waals surface area contributed by atoms with Gasteiger partial charge in [0.05, 0.1) is 16.6 Å². The molecule has 0 aliphatic heterocycles. The Balaban J connectivity index is 0.00000200. The van der Waals surface area contributed by atoms with Gasteiger partial charge >= 0.3 is 0 Å². The second-order valence-electron chi connectivity index (χ2n) is 4.74. The van der Waals surface area contributed by atoms with Crippen LogP contribution in [0.2, 0.25) is 0 Å². The van der Waals surface area contributed by atoms with Crippen LogP contribution >= 0.6 is 12.4 Å². The highest BCUT2D eigenvalue weighted by Gasteiger charge is 2.19. The first-order valence-corrected chi connectivity index (χ1v) is 6.29. The van der Waals surface area contributed by atoms with Crippen LogP contribution < -0.4 is 11.1 Å². The topological polar surface area (TPSA) is 94.0 Å². The normalized spacial score (nSPS) is 10.7. The average Bonchev–Trinajstić information content (AvgIpc) is 2.76. The van der Waals surface area contributed by atoms with Crippen LogP contribution in [0.25, 0.3) is 11.1 Å². The Morgan fingerprint density at radius 3 is 2.80 bits per heavy atom. The number of pyridine rings is 1. The first-order chi connectivity index (χ1) is 9.04.